The van der Waals surface area contributed by atoms with E-state index in [2.05, 4.69) is 27.8 Å². The van der Waals surface area contributed by atoms with Gasteiger partial charge in [-0.25, -0.2) is 4.98 Å². The second-order valence-electron chi connectivity index (χ2n) is 5.99. The van der Waals surface area contributed by atoms with E-state index < -0.39 is 0 Å². The van der Waals surface area contributed by atoms with Crippen molar-refractivity contribution < 1.29 is 0 Å². The van der Waals surface area contributed by atoms with Crippen molar-refractivity contribution in [3.8, 4) is 6.07 Å². The summed E-state index contributed by atoms with van der Waals surface area (Å²) < 4.78 is 0. The van der Waals surface area contributed by atoms with Gasteiger partial charge in [0.25, 0.3) is 0 Å². The predicted octanol–water partition coefficient (Wildman–Crippen LogP) is 2.41. The smallest absolute Gasteiger partial charge is 0.128 e. The molecule has 1 unspecified atom stereocenters. The SMILES string of the molecule is CC1CN(c2ccc(C#N)cn2)CCN1C1CCCC1. The summed E-state index contributed by atoms with van der Waals surface area (Å²) in [5.74, 6) is 1.00. The molecule has 0 radical (unpaired) electrons. The second-order valence-corrected chi connectivity index (χ2v) is 5.99. The fourth-order valence-corrected chi connectivity index (χ4v) is 3.60. The minimum Gasteiger partial charge on any atom is -0.354 e. The third-order valence-electron chi connectivity index (χ3n) is 4.67. The predicted molar refractivity (Wildman–Crippen MR) is 79.6 cm³/mol. The molecule has 1 aromatic heterocycles. The van der Waals surface area contributed by atoms with Gasteiger partial charge >= 0.3 is 0 Å². The molecule has 4 heteroatoms. The molecule has 4 nitrogen and oxygen atoms in total. The molecule has 1 saturated heterocycles. The molecule has 0 bridgehead atoms. The summed E-state index contributed by atoms with van der Waals surface area (Å²) in [6.07, 6.45) is 7.21. The molecule has 1 saturated carbocycles. The summed E-state index contributed by atoms with van der Waals surface area (Å²) in [6.45, 7) is 5.54. The maximum Gasteiger partial charge on any atom is 0.128 e. The molecule has 0 spiro atoms. The van der Waals surface area contributed by atoms with Crippen LogP contribution in [-0.2, 0) is 0 Å². The molecular weight excluding hydrogens is 248 g/mol. The fraction of sp³-hybridized carbons (Fsp3) is 0.625. The number of hydrogen-bond donors (Lipinski definition) is 0. The molecule has 3 rings (SSSR count). The quantitative estimate of drug-likeness (QED) is 0.827. The highest BCUT2D eigenvalue weighted by Crippen LogP contribution is 2.27. The van der Waals surface area contributed by atoms with E-state index in [9.17, 15) is 0 Å². The van der Waals surface area contributed by atoms with E-state index in [1.165, 1.54) is 25.7 Å². The average Bonchev–Trinajstić information content (AvgIpc) is 3.01. The molecule has 1 aromatic rings. The number of hydrogen-bond acceptors (Lipinski definition) is 4. The molecule has 20 heavy (non-hydrogen) atoms. The Morgan fingerprint density at radius 2 is 2.05 bits per heavy atom. The van der Waals surface area contributed by atoms with Crippen LogP contribution in [0.5, 0.6) is 0 Å². The average molecular weight is 270 g/mol. The van der Waals surface area contributed by atoms with Gasteiger partial charge in [0, 0.05) is 37.9 Å². The van der Waals surface area contributed by atoms with Crippen molar-refractivity contribution in [3.63, 3.8) is 0 Å². The van der Waals surface area contributed by atoms with Gasteiger partial charge in [-0.3, -0.25) is 4.90 Å². The van der Waals surface area contributed by atoms with Crippen LogP contribution in [-0.4, -0.2) is 41.6 Å². The minimum absolute atomic E-state index is 0.587. The zero-order valence-electron chi connectivity index (χ0n) is 12.1. The van der Waals surface area contributed by atoms with Crippen LogP contribution in [0.1, 0.15) is 38.2 Å². The summed E-state index contributed by atoms with van der Waals surface area (Å²) in [4.78, 5) is 9.45. The Bertz CT molecular complexity index is 484. The number of nitrogens with zero attached hydrogens (tertiary/aromatic N) is 4. The van der Waals surface area contributed by atoms with E-state index in [0.29, 0.717) is 11.6 Å². The van der Waals surface area contributed by atoms with Gasteiger partial charge in [-0.05, 0) is 31.9 Å². The molecule has 1 aliphatic carbocycles. The molecule has 2 heterocycles. The van der Waals surface area contributed by atoms with E-state index in [0.717, 1.165) is 31.5 Å². The van der Waals surface area contributed by atoms with Crippen LogP contribution in [0.4, 0.5) is 5.82 Å². The van der Waals surface area contributed by atoms with Crippen LogP contribution >= 0.6 is 0 Å². The Labute approximate surface area is 121 Å². The van der Waals surface area contributed by atoms with Crippen molar-refractivity contribution in [1.29, 1.82) is 5.26 Å². The number of anilines is 1. The third-order valence-corrected chi connectivity index (χ3v) is 4.67. The van der Waals surface area contributed by atoms with E-state index in [1.54, 1.807) is 6.20 Å². The van der Waals surface area contributed by atoms with Crippen molar-refractivity contribution in [3.05, 3.63) is 23.9 Å². The number of pyridine rings is 1. The molecule has 106 valence electrons. The highest BCUT2D eigenvalue weighted by atomic mass is 15.3. The third kappa shape index (κ3) is 2.64. The maximum atomic E-state index is 8.83. The molecule has 0 amide bonds. The van der Waals surface area contributed by atoms with Crippen LogP contribution in [0.3, 0.4) is 0 Å². The van der Waals surface area contributed by atoms with Gasteiger partial charge in [0.05, 0.1) is 5.56 Å². The first-order valence-electron chi connectivity index (χ1n) is 7.65. The summed E-state index contributed by atoms with van der Waals surface area (Å²) in [5, 5.41) is 8.83. The first-order chi connectivity index (χ1) is 9.78. The van der Waals surface area contributed by atoms with E-state index >= 15 is 0 Å². The Balaban J connectivity index is 1.65. The van der Waals surface area contributed by atoms with Gasteiger partial charge in [-0.2, -0.15) is 5.26 Å². The summed E-state index contributed by atoms with van der Waals surface area (Å²) in [5.41, 5.74) is 0.631. The Morgan fingerprint density at radius 1 is 1.25 bits per heavy atom. The van der Waals surface area contributed by atoms with E-state index in [-0.39, 0.29) is 0 Å². The lowest BCUT2D eigenvalue weighted by molar-refractivity contribution is 0.130. The van der Waals surface area contributed by atoms with E-state index in [1.807, 2.05) is 12.1 Å². The normalized spacial score (nSPS) is 24.8. The zero-order chi connectivity index (χ0) is 13.9. The van der Waals surface area contributed by atoms with Crippen molar-refractivity contribution in [2.75, 3.05) is 24.5 Å². The molecular formula is C16H22N4. The standard InChI is InChI=1S/C16H22N4/c1-13-12-19(16-7-6-14(10-17)11-18-16)8-9-20(13)15-4-2-3-5-15/h6-7,11,13,15H,2-5,8-9,12H2,1H3. The molecule has 2 aliphatic rings. The van der Waals surface area contributed by atoms with Crippen LogP contribution in [0, 0.1) is 11.3 Å². The highest BCUT2D eigenvalue weighted by molar-refractivity contribution is 5.42. The molecule has 0 aromatic carbocycles. The highest BCUT2D eigenvalue weighted by Gasteiger charge is 2.31. The van der Waals surface area contributed by atoms with Crippen molar-refractivity contribution in [2.24, 2.45) is 0 Å². The second kappa shape index (κ2) is 5.80. The fourth-order valence-electron chi connectivity index (χ4n) is 3.60. The van der Waals surface area contributed by atoms with Gasteiger partial charge in [0.2, 0.25) is 0 Å². The van der Waals surface area contributed by atoms with Crippen molar-refractivity contribution in [1.82, 2.24) is 9.88 Å². The van der Waals surface area contributed by atoms with Crippen LogP contribution in [0.15, 0.2) is 18.3 Å². The number of rotatable bonds is 2. The van der Waals surface area contributed by atoms with Gasteiger partial charge in [-0.1, -0.05) is 12.8 Å². The Kier molecular flexibility index (Phi) is 3.88. The maximum absolute atomic E-state index is 8.83. The Morgan fingerprint density at radius 3 is 2.65 bits per heavy atom. The summed E-state index contributed by atoms with van der Waals surface area (Å²) in [7, 11) is 0. The lowest BCUT2D eigenvalue weighted by Crippen LogP contribution is -2.55. The first-order valence-corrected chi connectivity index (χ1v) is 7.65. The van der Waals surface area contributed by atoms with Crippen LogP contribution < -0.4 is 4.90 Å². The molecule has 1 aliphatic heterocycles. The van der Waals surface area contributed by atoms with Crippen molar-refractivity contribution >= 4 is 5.82 Å². The van der Waals surface area contributed by atoms with Gasteiger partial charge in [0.1, 0.15) is 11.9 Å². The van der Waals surface area contributed by atoms with Gasteiger partial charge in [0.15, 0.2) is 0 Å². The number of piperazine rings is 1. The van der Waals surface area contributed by atoms with Crippen LogP contribution in [0.25, 0.3) is 0 Å². The summed E-state index contributed by atoms with van der Waals surface area (Å²) in [6, 6.07) is 7.34. The largest absolute Gasteiger partial charge is 0.354 e. The van der Waals surface area contributed by atoms with Gasteiger partial charge < -0.3 is 4.90 Å². The topological polar surface area (TPSA) is 43.2 Å². The number of aromatic nitrogens is 1. The monoisotopic (exact) mass is 270 g/mol. The van der Waals surface area contributed by atoms with Gasteiger partial charge in [-0.15, -0.1) is 0 Å². The van der Waals surface area contributed by atoms with Crippen LogP contribution in [0.2, 0.25) is 0 Å². The number of nitriles is 1. The lowest BCUT2D eigenvalue weighted by atomic mass is 10.1. The first kappa shape index (κ1) is 13.4. The summed E-state index contributed by atoms with van der Waals surface area (Å²) >= 11 is 0. The molecule has 2 fully saturated rings. The lowest BCUT2D eigenvalue weighted by Gasteiger charge is -2.43. The molecule has 0 N–H and O–H groups in total. The van der Waals surface area contributed by atoms with E-state index in [4.69, 9.17) is 5.26 Å². The van der Waals surface area contributed by atoms with Crippen molar-refractivity contribution in [2.45, 2.75) is 44.7 Å². The Hall–Kier alpha value is -1.60. The zero-order valence-corrected chi connectivity index (χ0v) is 12.1. The minimum atomic E-state index is 0.587. The molecule has 1 atom stereocenters.